The minimum atomic E-state index is -0.950. The summed E-state index contributed by atoms with van der Waals surface area (Å²) in [6.07, 6.45) is 0.467. The number of aromatic nitrogens is 2. The van der Waals surface area contributed by atoms with Gasteiger partial charge in [0.15, 0.2) is 5.82 Å². The van der Waals surface area contributed by atoms with E-state index in [1.165, 1.54) is 12.1 Å². The van der Waals surface area contributed by atoms with Crippen LogP contribution >= 0.6 is 0 Å². The number of anilines is 1. The topological polar surface area (TPSA) is 102 Å². The van der Waals surface area contributed by atoms with Gasteiger partial charge in [-0.05, 0) is 22.9 Å². The molecule has 0 saturated carbocycles. The Labute approximate surface area is 90.7 Å². The molecule has 2 aromatic rings. The maximum atomic E-state index is 10.6. The van der Waals surface area contributed by atoms with Crippen molar-refractivity contribution >= 4 is 11.8 Å². The standard InChI is InChI=1S/C10H9N3O3/c11-9-8(12-16-13-9)5-6-1-3-7(4-2-6)10(14)15/h1-4H,5H2,(H2,11,13)(H,14,15). The van der Waals surface area contributed by atoms with E-state index in [4.69, 9.17) is 10.8 Å². The number of aromatic carboxylic acids is 1. The summed E-state index contributed by atoms with van der Waals surface area (Å²) < 4.78 is 4.46. The van der Waals surface area contributed by atoms with Gasteiger partial charge in [-0.3, -0.25) is 0 Å². The first-order valence-electron chi connectivity index (χ1n) is 4.56. The quantitative estimate of drug-likeness (QED) is 0.796. The minimum Gasteiger partial charge on any atom is -0.478 e. The summed E-state index contributed by atoms with van der Waals surface area (Å²) in [5.41, 5.74) is 7.19. The van der Waals surface area contributed by atoms with Crippen molar-refractivity contribution in [2.45, 2.75) is 6.42 Å². The third kappa shape index (κ3) is 2.00. The van der Waals surface area contributed by atoms with Crippen LogP contribution in [0.25, 0.3) is 0 Å². The molecule has 0 radical (unpaired) electrons. The molecule has 6 heteroatoms. The lowest BCUT2D eigenvalue weighted by Gasteiger charge is -1.99. The Bertz CT molecular complexity index is 504. The smallest absolute Gasteiger partial charge is 0.335 e. The van der Waals surface area contributed by atoms with Crippen LogP contribution in [0.5, 0.6) is 0 Å². The van der Waals surface area contributed by atoms with Crippen LogP contribution in [0.4, 0.5) is 5.82 Å². The molecule has 0 fully saturated rings. The molecule has 0 aliphatic carbocycles. The van der Waals surface area contributed by atoms with E-state index in [9.17, 15) is 4.79 Å². The first-order chi connectivity index (χ1) is 7.66. The summed E-state index contributed by atoms with van der Waals surface area (Å²) >= 11 is 0. The predicted molar refractivity (Wildman–Crippen MR) is 54.9 cm³/mol. The lowest BCUT2D eigenvalue weighted by molar-refractivity contribution is 0.0697. The number of carboxylic acid groups (broad SMARTS) is 1. The van der Waals surface area contributed by atoms with Crippen LogP contribution in [-0.4, -0.2) is 21.4 Å². The van der Waals surface area contributed by atoms with Gasteiger partial charge < -0.3 is 10.8 Å². The summed E-state index contributed by atoms with van der Waals surface area (Å²) in [7, 11) is 0. The first-order valence-corrected chi connectivity index (χ1v) is 4.56. The molecular formula is C10H9N3O3. The number of rotatable bonds is 3. The van der Waals surface area contributed by atoms with E-state index in [0.717, 1.165) is 5.56 Å². The molecule has 82 valence electrons. The molecule has 0 aliphatic heterocycles. The van der Waals surface area contributed by atoms with Crippen molar-refractivity contribution < 1.29 is 14.5 Å². The first kappa shape index (κ1) is 10.2. The summed E-state index contributed by atoms with van der Waals surface area (Å²) in [6, 6.07) is 6.47. The van der Waals surface area contributed by atoms with E-state index in [-0.39, 0.29) is 11.4 Å². The lowest BCUT2D eigenvalue weighted by Crippen LogP contribution is -1.98. The van der Waals surface area contributed by atoms with E-state index in [1.807, 2.05) is 0 Å². The molecule has 0 saturated heterocycles. The highest BCUT2D eigenvalue weighted by molar-refractivity contribution is 5.87. The second-order valence-corrected chi connectivity index (χ2v) is 3.28. The lowest BCUT2D eigenvalue weighted by atomic mass is 10.1. The minimum absolute atomic E-state index is 0.245. The van der Waals surface area contributed by atoms with Gasteiger partial charge in [-0.1, -0.05) is 17.3 Å². The number of nitrogens with two attached hydrogens (primary N) is 1. The number of carboxylic acids is 1. The summed E-state index contributed by atoms with van der Waals surface area (Å²) in [5, 5.41) is 15.8. The number of hydrogen-bond donors (Lipinski definition) is 2. The Morgan fingerprint density at radius 2 is 2.00 bits per heavy atom. The van der Waals surface area contributed by atoms with Crippen molar-refractivity contribution in [3.05, 3.63) is 41.1 Å². The van der Waals surface area contributed by atoms with Gasteiger partial charge in [-0.2, -0.15) is 0 Å². The summed E-state index contributed by atoms with van der Waals surface area (Å²) in [5.74, 6) is -0.698. The predicted octanol–water partition coefficient (Wildman–Crippen LogP) is 0.941. The van der Waals surface area contributed by atoms with E-state index < -0.39 is 5.97 Å². The molecule has 0 spiro atoms. The van der Waals surface area contributed by atoms with E-state index in [0.29, 0.717) is 12.1 Å². The molecule has 1 heterocycles. The van der Waals surface area contributed by atoms with Crippen LogP contribution in [0.2, 0.25) is 0 Å². The highest BCUT2D eigenvalue weighted by Gasteiger charge is 2.08. The maximum absolute atomic E-state index is 10.6. The van der Waals surface area contributed by atoms with Gasteiger partial charge >= 0.3 is 5.97 Å². The Balaban J connectivity index is 2.17. The zero-order valence-electron chi connectivity index (χ0n) is 8.25. The van der Waals surface area contributed by atoms with Crippen LogP contribution in [0.1, 0.15) is 21.6 Å². The summed E-state index contributed by atoms with van der Waals surface area (Å²) in [4.78, 5) is 10.6. The highest BCUT2D eigenvalue weighted by atomic mass is 16.6. The fraction of sp³-hybridized carbons (Fsp3) is 0.100. The highest BCUT2D eigenvalue weighted by Crippen LogP contribution is 2.12. The van der Waals surface area contributed by atoms with Crippen molar-refractivity contribution in [2.24, 2.45) is 0 Å². The number of nitrogens with zero attached hydrogens (tertiary/aromatic N) is 2. The van der Waals surface area contributed by atoms with Crippen molar-refractivity contribution in [1.82, 2.24) is 10.3 Å². The van der Waals surface area contributed by atoms with Gasteiger partial charge in [0, 0.05) is 6.42 Å². The normalized spacial score (nSPS) is 10.2. The van der Waals surface area contributed by atoms with Crippen molar-refractivity contribution in [3.63, 3.8) is 0 Å². The van der Waals surface area contributed by atoms with Crippen LogP contribution in [0, 0.1) is 0 Å². The van der Waals surface area contributed by atoms with Crippen molar-refractivity contribution in [2.75, 3.05) is 5.73 Å². The van der Waals surface area contributed by atoms with Crippen molar-refractivity contribution in [3.8, 4) is 0 Å². The summed E-state index contributed by atoms with van der Waals surface area (Å²) in [6.45, 7) is 0. The average molecular weight is 219 g/mol. The molecule has 0 atom stereocenters. The number of carbonyl (C=O) groups is 1. The zero-order chi connectivity index (χ0) is 11.5. The SMILES string of the molecule is Nc1nonc1Cc1ccc(C(=O)O)cc1. The Hall–Kier alpha value is -2.37. The van der Waals surface area contributed by atoms with Crippen LogP contribution in [0.3, 0.4) is 0 Å². The van der Waals surface area contributed by atoms with Gasteiger partial charge in [0.25, 0.3) is 0 Å². The number of nitrogen functional groups attached to an aromatic ring is 1. The molecule has 0 bridgehead atoms. The number of hydrogen-bond acceptors (Lipinski definition) is 5. The third-order valence-electron chi connectivity index (χ3n) is 2.16. The van der Waals surface area contributed by atoms with E-state index >= 15 is 0 Å². The second-order valence-electron chi connectivity index (χ2n) is 3.28. The largest absolute Gasteiger partial charge is 0.478 e. The van der Waals surface area contributed by atoms with E-state index in [1.54, 1.807) is 12.1 Å². The number of benzene rings is 1. The molecule has 0 amide bonds. The van der Waals surface area contributed by atoms with Gasteiger partial charge in [-0.25, -0.2) is 9.42 Å². The van der Waals surface area contributed by atoms with E-state index in [2.05, 4.69) is 14.9 Å². The molecule has 16 heavy (non-hydrogen) atoms. The zero-order valence-corrected chi connectivity index (χ0v) is 8.25. The third-order valence-corrected chi connectivity index (χ3v) is 2.16. The molecular weight excluding hydrogens is 210 g/mol. The Morgan fingerprint density at radius 3 is 2.50 bits per heavy atom. The second kappa shape index (κ2) is 4.01. The molecule has 1 aromatic carbocycles. The molecule has 2 rings (SSSR count). The van der Waals surface area contributed by atoms with Gasteiger partial charge in [0.05, 0.1) is 5.56 Å². The monoisotopic (exact) mass is 219 g/mol. The fourth-order valence-corrected chi connectivity index (χ4v) is 1.29. The Morgan fingerprint density at radius 1 is 1.31 bits per heavy atom. The van der Waals surface area contributed by atoms with Gasteiger partial charge in [0.2, 0.25) is 0 Å². The van der Waals surface area contributed by atoms with Gasteiger partial charge in [-0.15, -0.1) is 0 Å². The van der Waals surface area contributed by atoms with Crippen LogP contribution in [-0.2, 0) is 6.42 Å². The maximum Gasteiger partial charge on any atom is 0.335 e. The molecule has 0 unspecified atom stereocenters. The molecule has 0 aliphatic rings. The molecule has 3 N–H and O–H groups in total. The average Bonchev–Trinajstić information content (AvgIpc) is 2.65. The Kier molecular flexibility index (Phi) is 2.55. The van der Waals surface area contributed by atoms with Crippen LogP contribution < -0.4 is 5.73 Å². The molecule has 1 aromatic heterocycles. The van der Waals surface area contributed by atoms with Gasteiger partial charge in [0.1, 0.15) is 5.69 Å². The van der Waals surface area contributed by atoms with Crippen LogP contribution in [0.15, 0.2) is 28.9 Å². The fourth-order valence-electron chi connectivity index (χ4n) is 1.29. The molecule has 6 nitrogen and oxygen atoms in total. The van der Waals surface area contributed by atoms with Crippen molar-refractivity contribution in [1.29, 1.82) is 0 Å².